The molecule has 2 nitrogen and oxygen atoms in total. The molecule has 0 aliphatic rings. The molecule has 0 saturated carbocycles. The van der Waals surface area contributed by atoms with E-state index in [-0.39, 0.29) is 0 Å². The molecule has 0 N–H and O–H groups in total. The van der Waals surface area contributed by atoms with Gasteiger partial charge in [-0.05, 0) is 111 Å². The van der Waals surface area contributed by atoms with Gasteiger partial charge in [-0.1, -0.05) is 164 Å². The Morgan fingerprint density at radius 3 is 1.41 bits per heavy atom. The first-order valence-corrected chi connectivity index (χ1v) is 18.4. The van der Waals surface area contributed by atoms with E-state index in [9.17, 15) is 0 Å². The van der Waals surface area contributed by atoms with E-state index in [1.807, 2.05) is 6.07 Å². The zero-order valence-corrected chi connectivity index (χ0v) is 30.6. The van der Waals surface area contributed by atoms with Gasteiger partial charge in [0.05, 0.1) is 12.8 Å². The van der Waals surface area contributed by atoms with E-state index in [0.29, 0.717) is 0 Å². The first-order valence-electron chi connectivity index (χ1n) is 18.4. The normalized spacial score (nSPS) is 10.8. The van der Waals surface area contributed by atoms with Crippen LogP contribution in [0.3, 0.4) is 0 Å². The summed E-state index contributed by atoms with van der Waals surface area (Å²) in [6.45, 7) is 2.15. The van der Waals surface area contributed by atoms with Crippen LogP contribution in [-0.2, 0) is 0 Å². The lowest BCUT2D eigenvalue weighted by molar-refractivity contribution is 0.414. The molecule has 0 aliphatic heterocycles. The standard InChI is InChI=1S/C52H41NO/c1-38-35-46(54-2)32-34-51(38)53(45-30-27-39(28-31-45)36-49(40-17-7-3-8-18-40)41-19-9-4-10-20-41)52-33-29-44(47-25-15-16-26-48(47)52)37-50(42-21-11-5-12-22-42)43-23-13-6-14-24-43/h3-37H,1-2H3. The van der Waals surface area contributed by atoms with Crippen molar-refractivity contribution in [3.05, 3.63) is 239 Å². The fourth-order valence-corrected chi connectivity index (χ4v) is 7.22. The van der Waals surface area contributed by atoms with Gasteiger partial charge in [0.15, 0.2) is 0 Å². The number of hydrogen-bond donors (Lipinski definition) is 0. The van der Waals surface area contributed by atoms with Gasteiger partial charge in [-0.2, -0.15) is 0 Å². The Morgan fingerprint density at radius 2 is 0.907 bits per heavy atom. The van der Waals surface area contributed by atoms with Crippen LogP contribution in [0.4, 0.5) is 17.1 Å². The highest BCUT2D eigenvalue weighted by Gasteiger charge is 2.19. The van der Waals surface area contributed by atoms with Gasteiger partial charge in [-0.25, -0.2) is 0 Å². The van der Waals surface area contributed by atoms with E-state index < -0.39 is 0 Å². The van der Waals surface area contributed by atoms with Gasteiger partial charge in [-0.3, -0.25) is 0 Å². The van der Waals surface area contributed by atoms with Gasteiger partial charge in [-0.15, -0.1) is 0 Å². The van der Waals surface area contributed by atoms with E-state index in [2.05, 4.69) is 218 Å². The number of anilines is 3. The molecule has 0 bridgehead atoms. The van der Waals surface area contributed by atoms with Crippen molar-refractivity contribution in [1.82, 2.24) is 0 Å². The fraction of sp³-hybridized carbons (Fsp3) is 0.0385. The largest absolute Gasteiger partial charge is 0.497 e. The topological polar surface area (TPSA) is 12.5 Å². The lowest BCUT2D eigenvalue weighted by Crippen LogP contribution is -2.12. The van der Waals surface area contributed by atoms with Crippen molar-refractivity contribution < 1.29 is 4.74 Å². The van der Waals surface area contributed by atoms with Gasteiger partial charge in [0, 0.05) is 16.8 Å². The molecule has 0 heterocycles. The number of aryl methyl sites for hydroxylation is 1. The maximum absolute atomic E-state index is 5.63. The summed E-state index contributed by atoms with van der Waals surface area (Å²) in [7, 11) is 1.72. The Balaban J connectivity index is 1.27. The van der Waals surface area contributed by atoms with E-state index in [1.54, 1.807) is 7.11 Å². The van der Waals surface area contributed by atoms with Crippen molar-refractivity contribution in [2.45, 2.75) is 6.92 Å². The summed E-state index contributed by atoms with van der Waals surface area (Å²) >= 11 is 0. The summed E-state index contributed by atoms with van der Waals surface area (Å²) in [5.74, 6) is 0.839. The van der Waals surface area contributed by atoms with E-state index >= 15 is 0 Å². The lowest BCUT2D eigenvalue weighted by atomic mass is 9.93. The molecule has 54 heavy (non-hydrogen) atoms. The average molecular weight is 696 g/mol. The maximum Gasteiger partial charge on any atom is 0.119 e. The number of fused-ring (bicyclic) bond motifs is 1. The second-order valence-electron chi connectivity index (χ2n) is 13.4. The summed E-state index contributed by atoms with van der Waals surface area (Å²) in [5.41, 5.74) is 13.8. The van der Waals surface area contributed by atoms with Crippen molar-refractivity contribution in [2.75, 3.05) is 12.0 Å². The molecule has 8 aromatic carbocycles. The number of ether oxygens (including phenoxy) is 1. The quantitative estimate of drug-likeness (QED) is 0.132. The molecule has 0 radical (unpaired) electrons. The predicted molar refractivity (Wildman–Crippen MR) is 230 cm³/mol. The smallest absolute Gasteiger partial charge is 0.119 e. The molecule has 0 aromatic heterocycles. The summed E-state index contributed by atoms with van der Waals surface area (Å²) in [5, 5.41) is 2.35. The SMILES string of the molecule is COc1ccc(N(c2ccc(C=C(c3ccccc3)c3ccccc3)cc2)c2ccc(C=C(c3ccccc3)c3ccccc3)c3ccccc23)c(C)c1. The summed E-state index contributed by atoms with van der Waals surface area (Å²) in [6, 6.07) is 71.0. The predicted octanol–water partition coefficient (Wildman–Crippen LogP) is 13.8. The molecule has 260 valence electrons. The van der Waals surface area contributed by atoms with Crippen LogP contribution < -0.4 is 9.64 Å². The molecule has 0 fully saturated rings. The highest BCUT2D eigenvalue weighted by atomic mass is 16.5. The van der Waals surface area contributed by atoms with Crippen molar-refractivity contribution in [2.24, 2.45) is 0 Å². The molecule has 0 unspecified atom stereocenters. The summed E-state index contributed by atoms with van der Waals surface area (Å²) < 4.78 is 5.63. The number of nitrogens with zero attached hydrogens (tertiary/aromatic N) is 1. The molecular weight excluding hydrogens is 655 g/mol. The number of methoxy groups -OCH3 is 1. The van der Waals surface area contributed by atoms with Crippen molar-refractivity contribution in [3.8, 4) is 5.75 Å². The number of hydrogen-bond acceptors (Lipinski definition) is 2. The van der Waals surface area contributed by atoms with Crippen LogP contribution >= 0.6 is 0 Å². The maximum atomic E-state index is 5.63. The number of benzene rings is 8. The van der Waals surface area contributed by atoms with Crippen molar-refractivity contribution in [1.29, 1.82) is 0 Å². The molecular formula is C52H41NO. The van der Waals surface area contributed by atoms with Gasteiger partial charge < -0.3 is 9.64 Å². The first-order chi connectivity index (χ1) is 26.7. The van der Waals surface area contributed by atoms with Crippen LogP contribution in [0.25, 0.3) is 34.1 Å². The molecule has 0 atom stereocenters. The fourth-order valence-electron chi connectivity index (χ4n) is 7.22. The second-order valence-corrected chi connectivity index (χ2v) is 13.4. The minimum atomic E-state index is 0.839. The second kappa shape index (κ2) is 15.8. The zero-order valence-electron chi connectivity index (χ0n) is 30.6. The Kier molecular flexibility index (Phi) is 9.99. The summed E-state index contributed by atoms with van der Waals surface area (Å²) in [4.78, 5) is 2.38. The lowest BCUT2D eigenvalue weighted by Gasteiger charge is -2.29. The van der Waals surface area contributed by atoms with Gasteiger partial charge in [0.1, 0.15) is 5.75 Å². The summed E-state index contributed by atoms with van der Waals surface area (Å²) in [6.07, 6.45) is 4.61. The molecule has 2 heteroatoms. The van der Waals surface area contributed by atoms with E-state index in [4.69, 9.17) is 4.74 Å². The van der Waals surface area contributed by atoms with Crippen LogP contribution in [-0.4, -0.2) is 7.11 Å². The third-order valence-electron chi connectivity index (χ3n) is 9.92. The molecule has 0 saturated heterocycles. The highest BCUT2D eigenvalue weighted by molar-refractivity contribution is 6.06. The Labute approximate surface area is 318 Å². The Hall–Kier alpha value is -6.90. The Morgan fingerprint density at radius 1 is 0.444 bits per heavy atom. The van der Waals surface area contributed by atoms with Crippen LogP contribution in [0.15, 0.2) is 200 Å². The monoisotopic (exact) mass is 695 g/mol. The van der Waals surface area contributed by atoms with Crippen molar-refractivity contribution >= 4 is 51.1 Å². The van der Waals surface area contributed by atoms with Gasteiger partial charge in [0.25, 0.3) is 0 Å². The van der Waals surface area contributed by atoms with Crippen LogP contribution in [0.2, 0.25) is 0 Å². The number of rotatable bonds is 10. The van der Waals surface area contributed by atoms with E-state index in [1.165, 1.54) is 49.7 Å². The van der Waals surface area contributed by atoms with Crippen LogP contribution in [0.1, 0.15) is 38.9 Å². The average Bonchev–Trinajstić information content (AvgIpc) is 3.24. The zero-order chi connectivity index (χ0) is 36.7. The minimum Gasteiger partial charge on any atom is -0.497 e. The third-order valence-corrected chi connectivity index (χ3v) is 9.92. The van der Waals surface area contributed by atoms with Gasteiger partial charge in [0.2, 0.25) is 0 Å². The molecule has 8 aromatic rings. The molecule has 0 amide bonds. The highest BCUT2D eigenvalue weighted by Crippen LogP contribution is 2.43. The molecule has 8 rings (SSSR count). The third kappa shape index (κ3) is 7.24. The van der Waals surface area contributed by atoms with Crippen molar-refractivity contribution in [3.63, 3.8) is 0 Å². The van der Waals surface area contributed by atoms with Crippen LogP contribution in [0.5, 0.6) is 5.75 Å². The first kappa shape index (κ1) is 34.2. The minimum absolute atomic E-state index is 0.839. The van der Waals surface area contributed by atoms with Gasteiger partial charge >= 0.3 is 0 Å². The van der Waals surface area contributed by atoms with E-state index in [0.717, 1.165) is 33.9 Å². The molecule has 0 aliphatic carbocycles. The molecule has 0 spiro atoms. The van der Waals surface area contributed by atoms with Crippen LogP contribution in [0, 0.1) is 6.92 Å². The Bertz CT molecular complexity index is 2470.